The van der Waals surface area contributed by atoms with Gasteiger partial charge < -0.3 is 19.9 Å². The Morgan fingerprint density at radius 3 is 2.56 bits per heavy atom. The minimum Gasteiger partial charge on any atom is -0.468 e. The minimum atomic E-state index is -0.523. The SMILES string of the molecule is COC(=O)CNC(=O)CN(CCNC(=O)Cc1cncn1Cc1ccc(C#N)cc1)Cc1cccc2ccccc12. The lowest BCUT2D eigenvalue weighted by molar-refractivity contribution is -0.141. The van der Waals surface area contributed by atoms with Crippen molar-refractivity contribution in [2.24, 2.45) is 0 Å². The van der Waals surface area contributed by atoms with Crippen LogP contribution in [0.4, 0.5) is 0 Å². The number of nitrogens with zero attached hydrogens (tertiary/aromatic N) is 4. The van der Waals surface area contributed by atoms with Gasteiger partial charge >= 0.3 is 5.97 Å². The number of nitriles is 1. The average molecular weight is 553 g/mol. The van der Waals surface area contributed by atoms with E-state index in [1.807, 2.05) is 64.1 Å². The Bertz CT molecular complexity index is 1540. The smallest absolute Gasteiger partial charge is 0.325 e. The van der Waals surface area contributed by atoms with E-state index in [1.165, 1.54) is 7.11 Å². The number of aromatic nitrogens is 2. The van der Waals surface area contributed by atoms with E-state index in [1.54, 1.807) is 24.7 Å². The van der Waals surface area contributed by atoms with Gasteiger partial charge in [-0.1, -0.05) is 54.6 Å². The van der Waals surface area contributed by atoms with Gasteiger partial charge in [0.2, 0.25) is 11.8 Å². The number of carbonyl (C=O) groups is 3. The molecule has 0 saturated carbocycles. The number of benzene rings is 3. The fourth-order valence-corrected chi connectivity index (χ4v) is 4.49. The summed E-state index contributed by atoms with van der Waals surface area (Å²) >= 11 is 0. The number of esters is 1. The van der Waals surface area contributed by atoms with Gasteiger partial charge in [0.15, 0.2) is 0 Å². The van der Waals surface area contributed by atoms with Crippen LogP contribution in [0.15, 0.2) is 79.3 Å². The Balaban J connectivity index is 1.35. The predicted molar refractivity (Wildman–Crippen MR) is 153 cm³/mol. The summed E-state index contributed by atoms with van der Waals surface area (Å²) in [5.41, 5.74) is 3.41. The fraction of sp³-hybridized carbons (Fsp3) is 0.258. The molecule has 210 valence electrons. The molecule has 2 amide bonds. The summed E-state index contributed by atoms with van der Waals surface area (Å²) in [5, 5.41) is 16.7. The Hall–Kier alpha value is -5.01. The summed E-state index contributed by atoms with van der Waals surface area (Å²) in [7, 11) is 1.27. The van der Waals surface area contributed by atoms with Gasteiger partial charge in [0.25, 0.3) is 0 Å². The molecule has 0 unspecified atom stereocenters. The molecule has 41 heavy (non-hydrogen) atoms. The molecule has 10 nitrogen and oxygen atoms in total. The van der Waals surface area contributed by atoms with Crippen LogP contribution in [-0.2, 0) is 38.6 Å². The van der Waals surface area contributed by atoms with Crippen molar-refractivity contribution < 1.29 is 19.1 Å². The number of ether oxygens (including phenoxy) is 1. The number of nitrogens with one attached hydrogen (secondary N) is 2. The standard InChI is InChI=1S/C31H32N6O4/c1-41-31(40)18-35-30(39)21-36(20-26-7-4-6-25-5-2-3-8-28(25)26)14-13-34-29(38)15-27-17-33-22-37(27)19-24-11-9-23(16-32)10-12-24/h2-12,17,22H,13-15,18-21H2,1H3,(H,34,38)(H,35,39). The summed E-state index contributed by atoms with van der Waals surface area (Å²) in [5.74, 6) is -0.995. The largest absolute Gasteiger partial charge is 0.468 e. The lowest BCUT2D eigenvalue weighted by Gasteiger charge is -2.23. The third-order valence-corrected chi connectivity index (χ3v) is 6.63. The van der Waals surface area contributed by atoms with Crippen molar-refractivity contribution in [2.45, 2.75) is 19.5 Å². The zero-order chi connectivity index (χ0) is 29.0. The second-order valence-corrected chi connectivity index (χ2v) is 9.55. The molecule has 10 heteroatoms. The molecule has 1 aromatic heterocycles. The van der Waals surface area contributed by atoms with Crippen molar-refractivity contribution in [3.8, 4) is 6.07 Å². The second kappa shape index (κ2) is 14.4. The quantitative estimate of drug-likeness (QED) is 0.244. The second-order valence-electron chi connectivity index (χ2n) is 9.55. The van der Waals surface area contributed by atoms with Gasteiger partial charge in [0, 0.05) is 38.1 Å². The van der Waals surface area contributed by atoms with E-state index in [4.69, 9.17) is 5.26 Å². The lowest BCUT2D eigenvalue weighted by atomic mass is 10.0. The van der Waals surface area contributed by atoms with Crippen LogP contribution in [0, 0.1) is 11.3 Å². The number of fused-ring (bicyclic) bond motifs is 1. The maximum atomic E-state index is 12.8. The van der Waals surface area contributed by atoms with Gasteiger partial charge in [0.05, 0.1) is 38.0 Å². The molecule has 0 atom stereocenters. The number of methoxy groups -OCH3 is 1. The van der Waals surface area contributed by atoms with Crippen LogP contribution < -0.4 is 10.6 Å². The summed E-state index contributed by atoms with van der Waals surface area (Å²) in [6.45, 7) is 1.62. The van der Waals surface area contributed by atoms with Crippen molar-refractivity contribution in [3.63, 3.8) is 0 Å². The van der Waals surface area contributed by atoms with Gasteiger partial charge in [-0.2, -0.15) is 5.26 Å². The van der Waals surface area contributed by atoms with Crippen LogP contribution >= 0.6 is 0 Å². The molecule has 0 spiro atoms. The number of hydrogen-bond donors (Lipinski definition) is 2. The van der Waals surface area contributed by atoms with E-state index in [0.29, 0.717) is 31.7 Å². The maximum Gasteiger partial charge on any atom is 0.325 e. The first-order chi connectivity index (χ1) is 19.9. The third kappa shape index (κ3) is 8.49. The summed E-state index contributed by atoms with van der Waals surface area (Å²) in [6.07, 6.45) is 3.50. The summed E-state index contributed by atoms with van der Waals surface area (Å²) in [4.78, 5) is 43.0. The molecular weight excluding hydrogens is 520 g/mol. The van der Waals surface area contributed by atoms with E-state index >= 15 is 0 Å². The van der Waals surface area contributed by atoms with E-state index in [-0.39, 0.29) is 31.3 Å². The van der Waals surface area contributed by atoms with Crippen LogP contribution in [0.1, 0.15) is 22.4 Å². The number of imidazole rings is 1. The molecule has 0 bridgehead atoms. The lowest BCUT2D eigenvalue weighted by Crippen LogP contribution is -2.42. The number of rotatable bonds is 13. The normalized spacial score (nSPS) is 10.8. The Kier molecular flexibility index (Phi) is 10.2. The van der Waals surface area contributed by atoms with Crippen LogP contribution in [0.25, 0.3) is 10.8 Å². The van der Waals surface area contributed by atoms with E-state index < -0.39 is 5.97 Å². The van der Waals surface area contributed by atoms with Crippen LogP contribution in [0.3, 0.4) is 0 Å². The molecule has 0 radical (unpaired) electrons. The van der Waals surface area contributed by atoms with Crippen molar-refractivity contribution in [1.29, 1.82) is 5.26 Å². The molecule has 1 heterocycles. The summed E-state index contributed by atoms with van der Waals surface area (Å²) in [6, 6.07) is 23.5. The molecule has 3 aromatic carbocycles. The van der Waals surface area contributed by atoms with Crippen LogP contribution in [0.2, 0.25) is 0 Å². The molecule has 0 aliphatic carbocycles. The Morgan fingerprint density at radius 2 is 1.78 bits per heavy atom. The molecule has 4 rings (SSSR count). The van der Waals surface area contributed by atoms with Gasteiger partial charge in [-0.05, 0) is 34.0 Å². The number of amides is 2. The van der Waals surface area contributed by atoms with Crippen molar-refractivity contribution in [1.82, 2.24) is 25.1 Å². The topological polar surface area (TPSA) is 129 Å². The molecule has 0 saturated heterocycles. The van der Waals surface area contributed by atoms with E-state index in [0.717, 1.165) is 27.6 Å². The Morgan fingerprint density at radius 1 is 1.00 bits per heavy atom. The van der Waals surface area contributed by atoms with Gasteiger partial charge in [-0.25, -0.2) is 4.98 Å². The first-order valence-electron chi connectivity index (χ1n) is 13.2. The molecule has 0 fully saturated rings. The molecular formula is C31H32N6O4. The highest BCUT2D eigenvalue weighted by atomic mass is 16.5. The first-order valence-corrected chi connectivity index (χ1v) is 13.2. The fourth-order valence-electron chi connectivity index (χ4n) is 4.49. The predicted octanol–water partition coefficient (Wildman–Crippen LogP) is 2.41. The van der Waals surface area contributed by atoms with Gasteiger partial charge in [-0.15, -0.1) is 0 Å². The van der Waals surface area contributed by atoms with Crippen molar-refractivity contribution >= 4 is 28.6 Å². The number of hydrogen-bond acceptors (Lipinski definition) is 7. The van der Waals surface area contributed by atoms with Crippen molar-refractivity contribution in [3.05, 3.63) is 102 Å². The van der Waals surface area contributed by atoms with Crippen LogP contribution in [0.5, 0.6) is 0 Å². The third-order valence-electron chi connectivity index (χ3n) is 6.63. The number of carbonyl (C=O) groups excluding carboxylic acids is 3. The van der Waals surface area contributed by atoms with Gasteiger partial charge in [-0.3, -0.25) is 19.3 Å². The van der Waals surface area contributed by atoms with E-state index in [9.17, 15) is 14.4 Å². The van der Waals surface area contributed by atoms with Crippen LogP contribution in [-0.4, -0.2) is 65.5 Å². The van der Waals surface area contributed by atoms with Gasteiger partial charge in [0.1, 0.15) is 6.54 Å². The average Bonchev–Trinajstić information content (AvgIpc) is 3.42. The zero-order valence-electron chi connectivity index (χ0n) is 22.9. The maximum absolute atomic E-state index is 12.8. The molecule has 0 aliphatic rings. The molecule has 2 N–H and O–H groups in total. The first kappa shape index (κ1) is 29.0. The molecule has 0 aliphatic heterocycles. The monoisotopic (exact) mass is 552 g/mol. The highest BCUT2D eigenvalue weighted by molar-refractivity contribution is 5.86. The highest BCUT2D eigenvalue weighted by Crippen LogP contribution is 2.20. The highest BCUT2D eigenvalue weighted by Gasteiger charge is 2.15. The molecule has 4 aromatic rings. The van der Waals surface area contributed by atoms with Crippen molar-refractivity contribution in [2.75, 3.05) is 33.3 Å². The summed E-state index contributed by atoms with van der Waals surface area (Å²) < 4.78 is 6.50. The zero-order valence-corrected chi connectivity index (χ0v) is 22.9. The Labute approximate surface area is 238 Å². The minimum absolute atomic E-state index is 0.0491. The van der Waals surface area contributed by atoms with E-state index in [2.05, 4.69) is 26.4 Å².